The van der Waals surface area contributed by atoms with Crippen molar-refractivity contribution in [3.05, 3.63) is 29.5 Å². The van der Waals surface area contributed by atoms with Gasteiger partial charge < -0.3 is 19.5 Å². The summed E-state index contributed by atoms with van der Waals surface area (Å²) in [6.07, 6.45) is 1.33. The number of amides is 1. The zero-order valence-electron chi connectivity index (χ0n) is 13.7. The maximum absolute atomic E-state index is 11.7. The van der Waals surface area contributed by atoms with Gasteiger partial charge in [0.2, 0.25) is 5.91 Å². The van der Waals surface area contributed by atoms with Gasteiger partial charge in [-0.15, -0.1) is 0 Å². The van der Waals surface area contributed by atoms with Gasteiger partial charge in [-0.2, -0.15) is 0 Å². The summed E-state index contributed by atoms with van der Waals surface area (Å²) in [6, 6.07) is 4.29. The first-order chi connectivity index (χ1) is 11.2. The van der Waals surface area contributed by atoms with Crippen molar-refractivity contribution in [2.24, 2.45) is 0 Å². The lowest BCUT2D eigenvalue weighted by atomic mass is 10.1. The molecule has 1 aromatic carbocycles. The summed E-state index contributed by atoms with van der Waals surface area (Å²) in [5.74, 6) is -2.35. The number of methoxy groups -OCH3 is 1. The normalized spacial score (nSPS) is 10.6. The van der Waals surface area contributed by atoms with E-state index < -0.39 is 23.8 Å². The van der Waals surface area contributed by atoms with Crippen LogP contribution in [0.4, 0.5) is 0 Å². The van der Waals surface area contributed by atoms with E-state index in [1.807, 2.05) is 0 Å². The summed E-state index contributed by atoms with van der Waals surface area (Å²) in [6.45, 7) is 3.64. The average molecular weight is 335 g/mol. The lowest BCUT2D eigenvalue weighted by Crippen LogP contribution is -2.25. The summed E-state index contributed by atoms with van der Waals surface area (Å²) in [5.41, 5.74) is 0.315. The van der Waals surface area contributed by atoms with Crippen LogP contribution < -0.4 is 14.8 Å². The predicted octanol–water partition coefficient (Wildman–Crippen LogP) is 1.19. The Morgan fingerprint density at radius 3 is 2.04 bits per heavy atom. The van der Waals surface area contributed by atoms with Gasteiger partial charge in [0.25, 0.3) is 0 Å². The molecule has 0 aliphatic rings. The minimum atomic E-state index is -0.747. The first-order valence-corrected chi connectivity index (χ1v) is 6.81. The molecule has 128 valence electrons. The highest BCUT2D eigenvalue weighted by atomic mass is 16.6. The van der Waals surface area contributed by atoms with Crippen LogP contribution >= 0.6 is 0 Å². The molecule has 0 heterocycles. The van der Waals surface area contributed by atoms with E-state index in [1.54, 1.807) is 0 Å². The van der Waals surface area contributed by atoms with Gasteiger partial charge in [0.15, 0.2) is 11.5 Å². The molecule has 0 saturated heterocycles. The van der Waals surface area contributed by atoms with Gasteiger partial charge in [-0.1, -0.05) is 6.07 Å². The van der Waals surface area contributed by atoms with Gasteiger partial charge in [-0.05, 0) is 23.8 Å². The van der Waals surface area contributed by atoms with Gasteiger partial charge in [0, 0.05) is 20.8 Å². The lowest BCUT2D eigenvalue weighted by molar-refractivity contribution is -0.137. The first kappa shape index (κ1) is 18.9. The van der Waals surface area contributed by atoms with E-state index in [1.165, 1.54) is 52.2 Å². The van der Waals surface area contributed by atoms with Gasteiger partial charge in [-0.3, -0.25) is 14.4 Å². The number of ether oxygens (including phenoxy) is 3. The maximum Gasteiger partial charge on any atom is 0.354 e. The number of hydrogen-bond acceptors (Lipinski definition) is 7. The minimum absolute atomic E-state index is 0.00140. The van der Waals surface area contributed by atoms with Crippen molar-refractivity contribution in [2.45, 2.75) is 20.8 Å². The second-order valence-electron chi connectivity index (χ2n) is 4.62. The standard InChI is InChI=1S/C16H17NO7/c1-9(18)17-13(16(21)22-4)7-12-5-6-14(23-10(2)19)15(8-12)24-11(3)20/h5-8H,1-4H3,(H,17,18)/b13-7+. The molecule has 0 aromatic heterocycles. The van der Waals surface area contributed by atoms with Gasteiger partial charge in [0.05, 0.1) is 7.11 Å². The number of carbonyl (C=O) groups is 4. The van der Waals surface area contributed by atoms with Gasteiger partial charge in [-0.25, -0.2) is 4.79 Å². The molecule has 8 nitrogen and oxygen atoms in total. The zero-order chi connectivity index (χ0) is 18.3. The fourth-order valence-electron chi connectivity index (χ4n) is 1.70. The molecule has 0 fully saturated rings. The summed E-state index contributed by atoms with van der Waals surface area (Å²) in [5, 5.41) is 2.34. The highest BCUT2D eigenvalue weighted by molar-refractivity contribution is 5.97. The Hall–Kier alpha value is -3.16. The summed E-state index contributed by atoms with van der Waals surface area (Å²) in [4.78, 5) is 45.1. The smallest absolute Gasteiger partial charge is 0.354 e. The minimum Gasteiger partial charge on any atom is -0.464 e. The molecule has 24 heavy (non-hydrogen) atoms. The van der Waals surface area contributed by atoms with Gasteiger partial charge >= 0.3 is 17.9 Å². The van der Waals surface area contributed by atoms with Crippen molar-refractivity contribution in [1.82, 2.24) is 5.32 Å². The van der Waals surface area contributed by atoms with Crippen LogP contribution in [-0.4, -0.2) is 30.9 Å². The van der Waals surface area contributed by atoms with Crippen molar-refractivity contribution in [3.8, 4) is 11.5 Å². The van der Waals surface area contributed by atoms with E-state index in [2.05, 4.69) is 10.1 Å². The van der Waals surface area contributed by atoms with Crippen molar-refractivity contribution >= 4 is 29.9 Å². The SMILES string of the molecule is COC(=O)/C(=C\c1ccc(OC(C)=O)c(OC(C)=O)c1)NC(C)=O. The van der Waals surface area contributed by atoms with Crippen molar-refractivity contribution in [3.63, 3.8) is 0 Å². The van der Waals surface area contributed by atoms with Crippen molar-refractivity contribution in [2.75, 3.05) is 7.11 Å². The molecule has 0 unspecified atom stereocenters. The molecule has 0 aliphatic heterocycles. The monoisotopic (exact) mass is 335 g/mol. The summed E-state index contributed by atoms with van der Waals surface area (Å²) in [7, 11) is 1.17. The number of benzene rings is 1. The number of nitrogens with one attached hydrogen (secondary N) is 1. The molecule has 0 atom stereocenters. The largest absolute Gasteiger partial charge is 0.464 e. The van der Waals surface area contributed by atoms with Crippen LogP contribution in [0.3, 0.4) is 0 Å². The Kier molecular flexibility index (Phi) is 6.66. The zero-order valence-corrected chi connectivity index (χ0v) is 13.7. The van der Waals surface area contributed by atoms with Crippen molar-refractivity contribution < 1.29 is 33.4 Å². The first-order valence-electron chi connectivity index (χ1n) is 6.81. The summed E-state index contributed by atoms with van der Waals surface area (Å²) < 4.78 is 14.5. The fourth-order valence-corrected chi connectivity index (χ4v) is 1.70. The molecule has 0 bridgehead atoms. The Morgan fingerprint density at radius 1 is 0.958 bits per heavy atom. The van der Waals surface area contributed by atoms with Crippen LogP contribution in [0, 0.1) is 0 Å². The molecule has 1 N–H and O–H groups in total. The number of esters is 3. The topological polar surface area (TPSA) is 108 Å². The predicted molar refractivity (Wildman–Crippen MR) is 82.9 cm³/mol. The number of carbonyl (C=O) groups excluding carboxylic acids is 4. The molecule has 1 amide bonds. The maximum atomic E-state index is 11.7. The van der Waals surface area contributed by atoms with Crippen LogP contribution in [0.15, 0.2) is 23.9 Å². The molecule has 0 aliphatic carbocycles. The van der Waals surface area contributed by atoms with E-state index in [-0.39, 0.29) is 17.2 Å². The third kappa shape index (κ3) is 5.91. The third-order valence-corrected chi connectivity index (χ3v) is 2.50. The molecule has 8 heteroatoms. The van der Waals surface area contributed by atoms with Crippen molar-refractivity contribution in [1.29, 1.82) is 0 Å². The van der Waals surface area contributed by atoms with E-state index >= 15 is 0 Å². The Labute approximate surface area is 138 Å². The Bertz CT molecular complexity index is 706. The molecule has 0 saturated carbocycles. The summed E-state index contributed by atoms with van der Waals surface area (Å²) >= 11 is 0. The second-order valence-corrected chi connectivity index (χ2v) is 4.62. The van der Waals surface area contributed by atoms with Crippen LogP contribution in [0.5, 0.6) is 11.5 Å². The molecule has 0 spiro atoms. The number of rotatable bonds is 5. The second kappa shape index (κ2) is 8.47. The number of hydrogen-bond donors (Lipinski definition) is 1. The Morgan fingerprint density at radius 2 is 1.54 bits per heavy atom. The lowest BCUT2D eigenvalue weighted by Gasteiger charge is -2.10. The quantitative estimate of drug-likeness (QED) is 0.489. The van der Waals surface area contributed by atoms with Crippen LogP contribution in [0.1, 0.15) is 26.3 Å². The molecular formula is C16H17NO7. The molecule has 1 rings (SSSR count). The third-order valence-electron chi connectivity index (χ3n) is 2.50. The average Bonchev–Trinajstić information content (AvgIpc) is 2.47. The van der Waals surface area contributed by atoms with E-state index in [9.17, 15) is 19.2 Å². The van der Waals surface area contributed by atoms with Crippen LogP contribution in [-0.2, 0) is 23.9 Å². The van der Waals surface area contributed by atoms with E-state index in [0.717, 1.165) is 0 Å². The van der Waals surface area contributed by atoms with Gasteiger partial charge in [0.1, 0.15) is 5.70 Å². The molecular weight excluding hydrogens is 318 g/mol. The van der Waals surface area contributed by atoms with Crippen LogP contribution in [0.2, 0.25) is 0 Å². The van der Waals surface area contributed by atoms with E-state index in [0.29, 0.717) is 5.56 Å². The highest BCUT2D eigenvalue weighted by Crippen LogP contribution is 2.29. The van der Waals surface area contributed by atoms with E-state index in [4.69, 9.17) is 9.47 Å². The van der Waals surface area contributed by atoms with Crippen LogP contribution in [0.25, 0.3) is 6.08 Å². The molecule has 1 aromatic rings. The molecule has 0 radical (unpaired) electrons. The fraction of sp³-hybridized carbons (Fsp3) is 0.250. The Balaban J connectivity index is 3.28. The highest BCUT2D eigenvalue weighted by Gasteiger charge is 2.14.